The van der Waals surface area contributed by atoms with Crippen molar-refractivity contribution in [2.24, 2.45) is 5.16 Å². The van der Waals surface area contributed by atoms with Gasteiger partial charge in [-0.15, -0.1) is 0 Å². The predicted molar refractivity (Wildman–Crippen MR) is 58.5 cm³/mol. The van der Waals surface area contributed by atoms with E-state index in [1.54, 1.807) is 0 Å². The molecule has 0 radical (unpaired) electrons. The lowest BCUT2D eigenvalue weighted by Crippen LogP contribution is -2.30. The first-order valence-electron chi connectivity index (χ1n) is 5.30. The number of benzene rings is 1. The molecule has 0 unspecified atom stereocenters. The van der Waals surface area contributed by atoms with Gasteiger partial charge in [-0.25, -0.2) is 0 Å². The van der Waals surface area contributed by atoms with E-state index >= 15 is 0 Å². The monoisotopic (exact) mass is 205 g/mol. The smallest absolute Gasteiger partial charge is 0.276 e. The highest BCUT2D eigenvalue weighted by Crippen LogP contribution is 2.29. The first-order chi connectivity index (χ1) is 7.29. The summed E-state index contributed by atoms with van der Waals surface area (Å²) >= 11 is 0. The van der Waals surface area contributed by atoms with Gasteiger partial charge in [0.25, 0.3) is 11.7 Å². The van der Waals surface area contributed by atoms with E-state index in [4.69, 9.17) is 9.57 Å². The number of hydrogen-bond acceptors (Lipinski definition) is 3. The van der Waals surface area contributed by atoms with Gasteiger partial charge in [-0.3, -0.25) is 0 Å². The largest absolute Gasteiger partial charge is 0.430 e. The zero-order valence-corrected chi connectivity index (χ0v) is 9.06. The molecule has 1 aromatic rings. The maximum absolute atomic E-state index is 5.76. The molecule has 0 aromatic heterocycles. The van der Waals surface area contributed by atoms with E-state index in [0.29, 0.717) is 5.90 Å². The summed E-state index contributed by atoms with van der Waals surface area (Å²) in [5.74, 6) is 0.0323. The van der Waals surface area contributed by atoms with Crippen LogP contribution in [0.2, 0.25) is 0 Å². The van der Waals surface area contributed by atoms with Crippen molar-refractivity contribution < 1.29 is 9.57 Å². The molecule has 3 nitrogen and oxygen atoms in total. The summed E-state index contributed by atoms with van der Waals surface area (Å²) in [5.41, 5.74) is 0.960. The molecule has 0 saturated heterocycles. The number of rotatable bonds is 3. The number of ether oxygens (including phenoxy) is 1. The van der Waals surface area contributed by atoms with Crippen LogP contribution in [0.15, 0.2) is 35.5 Å². The molecule has 0 fully saturated rings. The lowest BCUT2D eigenvalue weighted by atomic mass is 10.1. The predicted octanol–water partition coefficient (Wildman–Crippen LogP) is 2.91. The maximum atomic E-state index is 5.76. The first-order valence-corrected chi connectivity index (χ1v) is 5.30. The first kappa shape index (κ1) is 10.0. The minimum Gasteiger partial charge on any atom is -0.430 e. The maximum Gasteiger partial charge on any atom is 0.276 e. The second-order valence-electron chi connectivity index (χ2n) is 3.57. The van der Waals surface area contributed by atoms with E-state index in [2.05, 4.69) is 5.16 Å². The van der Waals surface area contributed by atoms with Gasteiger partial charge in [0.1, 0.15) is 0 Å². The van der Waals surface area contributed by atoms with Crippen molar-refractivity contribution in [2.75, 3.05) is 0 Å². The SMILES string of the molecule is CCC1(CC)ON=C(c2ccccc2)O1. The molecule has 80 valence electrons. The van der Waals surface area contributed by atoms with Crippen LogP contribution in [0.3, 0.4) is 0 Å². The lowest BCUT2D eigenvalue weighted by Gasteiger charge is -2.22. The second kappa shape index (κ2) is 3.93. The van der Waals surface area contributed by atoms with E-state index < -0.39 is 5.79 Å². The van der Waals surface area contributed by atoms with Crippen LogP contribution in [0, 0.1) is 0 Å². The van der Waals surface area contributed by atoms with Crippen molar-refractivity contribution in [3.8, 4) is 0 Å². The topological polar surface area (TPSA) is 30.8 Å². The molecule has 2 rings (SSSR count). The zero-order valence-electron chi connectivity index (χ0n) is 9.06. The molecule has 0 bridgehead atoms. The van der Waals surface area contributed by atoms with Gasteiger partial charge in [0.2, 0.25) is 0 Å². The average Bonchev–Trinajstić information content (AvgIpc) is 2.75. The number of hydrogen-bond donors (Lipinski definition) is 0. The zero-order chi connectivity index (χ0) is 10.7. The molecular formula is C12H15NO2. The Morgan fingerprint density at radius 1 is 1.13 bits per heavy atom. The van der Waals surface area contributed by atoms with Crippen LogP contribution in [0.1, 0.15) is 32.3 Å². The van der Waals surface area contributed by atoms with Gasteiger partial charge in [0.05, 0.1) is 0 Å². The third kappa shape index (κ3) is 1.82. The van der Waals surface area contributed by atoms with Crippen LogP contribution in [-0.2, 0) is 9.57 Å². The highest BCUT2D eigenvalue weighted by molar-refractivity contribution is 5.94. The Kier molecular flexibility index (Phi) is 2.62. The summed E-state index contributed by atoms with van der Waals surface area (Å²) in [4.78, 5) is 5.37. The molecule has 1 aliphatic rings. The average molecular weight is 205 g/mol. The molecule has 3 heteroatoms. The van der Waals surface area contributed by atoms with Gasteiger partial charge in [0, 0.05) is 18.4 Å². The Morgan fingerprint density at radius 3 is 2.33 bits per heavy atom. The molecule has 1 heterocycles. The minimum atomic E-state index is -0.550. The Labute approximate surface area is 89.7 Å². The van der Waals surface area contributed by atoms with Crippen molar-refractivity contribution in [1.82, 2.24) is 0 Å². The summed E-state index contributed by atoms with van der Waals surface area (Å²) in [6.07, 6.45) is 1.59. The van der Waals surface area contributed by atoms with Crippen molar-refractivity contribution in [3.63, 3.8) is 0 Å². The van der Waals surface area contributed by atoms with Crippen LogP contribution in [0.5, 0.6) is 0 Å². The lowest BCUT2D eigenvalue weighted by molar-refractivity contribution is -0.162. The van der Waals surface area contributed by atoms with Crippen molar-refractivity contribution in [2.45, 2.75) is 32.5 Å². The molecular weight excluding hydrogens is 190 g/mol. The van der Waals surface area contributed by atoms with Gasteiger partial charge in [-0.05, 0) is 17.3 Å². The summed E-state index contributed by atoms with van der Waals surface area (Å²) in [5, 5.41) is 4.00. The van der Waals surface area contributed by atoms with E-state index in [1.165, 1.54) is 0 Å². The fourth-order valence-electron chi connectivity index (χ4n) is 1.55. The van der Waals surface area contributed by atoms with Gasteiger partial charge in [-0.2, -0.15) is 0 Å². The van der Waals surface area contributed by atoms with Crippen LogP contribution in [-0.4, -0.2) is 11.7 Å². The van der Waals surface area contributed by atoms with Gasteiger partial charge >= 0.3 is 0 Å². The summed E-state index contributed by atoms with van der Waals surface area (Å²) in [6, 6.07) is 9.80. The summed E-state index contributed by atoms with van der Waals surface area (Å²) in [6.45, 7) is 4.07. The molecule has 0 spiro atoms. The Morgan fingerprint density at radius 2 is 1.80 bits per heavy atom. The van der Waals surface area contributed by atoms with E-state index in [-0.39, 0.29) is 0 Å². The minimum absolute atomic E-state index is 0.550. The molecule has 0 saturated carbocycles. The third-order valence-electron chi connectivity index (χ3n) is 2.68. The molecule has 15 heavy (non-hydrogen) atoms. The van der Waals surface area contributed by atoms with Crippen LogP contribution < -0.4 is 0 Å². The standard InChI is InChI=1S/C12H15NO2/c1-3-12(4-2)14-11(13-15-12)10-8-6-5-7-9-10/h5-9H,3-4H2,1-2H3. The van der Waals surface area contributed by atoms with E-state index in [9.17, 15) is 0 Å². The van der Waals surface area contributed by atoms with Crippen molar-refractivity contribution in [1.29, 1.82) is 0 Å². The molecule has 0 amide bonds. The fourth-order valence-corrected chi connectivity index (χ4v) is 1.55. The quantitative estimate of drug-likeness (QED) is 0.759. The number of nitrogens with zero attached hydrogens (tertiary/aromatic N) is 1. The Balaban J connectivity index is 2.16. The molecule has 1 aliphatic heterocycles. The molecule has 0 atom stereocenters. The highest BCUT2D eigenvalue weighted by Gasteiger charge is 2.37. The Hall–Kier alpha value is -1.51. The molecule has 0 N–H and O–H groups in total. The fraction of sp³-hybridized carbons (Fsp3) is 0.417. The normalized spacial score (nSPS) is 17.9. The summed E-state index contributed by atoms with van der Waals surface area (Å²) < 4.78 is 5.76. The van der Waals surface area contributed by atoms with Gasteiger partial charge in [-0.1, -0.05) is 32.0 Å². The van der Waals surface area contributed by atoms with Crippen LogP contribution >= 0.6 is 0 Å². The van der Waals surface area contributed by atoms with Gasteiger partial charge < -0.3 is 9.57 Å². The van der Waals surface area contributed by atoms with E-state index in [1.807, 2.05) is 44.2 Å². The second-order valence-corrected chi connectivity index (χ2v) is 3.57. The molecule has 1 aromatic carbocycles. The number of oxime groups is 1. The molecule has 0 aliphatic carbocycles. The van der Waals surface area contributed by atoms with Crippen molar-refractivity contribution in [3.05, 3.63) is 35.9 Å². The van der Waals surface area contributed by atoms with Crippen molar-refractivity contribution >= 4 is 5.90 Å². The van der Waals surface area contributed by atoms with Crippen LogP contribution in [0.25, 0.3) is 0 Å². The van der Waals surface area contributed by atoms with Crippen LogP contribution in [0.4, 0.5) is 0 Å². The van der Waals surface area contributed by atoms with Gasteiger partial charge in [0.15, 0.2) is 0 Å². The van der Waals surface area contributed by atoms with E-state index in [0.717, 1.165) is 18.4 Å². The highest BCUT2D eigenvalue weighted by atomic mass is 16.8. The third-order valence-corrected chi connectivity index (χ3v) is 2.68. The Bertz CT molecular complexity index is 355. The summed E-state index contributed by atoms with van der Waals surface area (Å²) in [7, 11) is 0.